The molecule has 2 aliphatic carbocycles. The van der Waals surface area contributed by atoms with Gasteiger partial charge < -0.3 is 10.2 Å². The lowest BCUT2D eigenvalue weighted by atomic mass is 9.96. The van der Waals surface area contributed by atoms with Crippen molar-refractivity contribution in [3.8, 4) is 0 Å². The molecule has 0 radical (unpaired) electrons. The number of likely N-dealkylation sites (N-methyl/N-ethyl adjacent to an activating group) is 1. The highest BCUT2D eigenvalue weighted by Crippen LogP contribution is 2.33. The predicted octanol–water partition coefficient (Wildman–Crippen LogP) is 1.86. The zero-order valence-corrected chi connectivity index (χ0v) is 9.68. The molecule has 2 aliphatic rings. The Morgan fingerprint density at radius 3 is 2.36 bits per heavy atom. The third-order valence-corrected chi connectivity index (χ3v) is 4.07. The minimum Gasteiger partial charge on any atom is -0.315 e. The van der Waals surface area contributed by atoms with Gasteiger partial charge >= 0.3 is 0 Å². The summed E-state index contributed by atoms with van der Waals surface area (Å²) in [7, 11) is 4.48. The Kier molecular flexibility index (Phi) is 3.13. The van der Waals surface area contributed by atoms with E-state index in [-0.39, 0.29) is 0 Å². The van der Waals surface area contributed by atoms with Crippen molar-refractivity contribution >= 4 is 0 Å². The molecule has 14 heavy (non-hydrogen) atoms. The Morgan fingerprint density at radius 2 is 1.86 bits per heavy atom. The Labute approximate surface area is 88.1 Å². The maximum atomic E-state index is 3.67. The van der Waals surface area contributed by atoms with Crippen molar-refractivity contribution in [2.24, 2.45) is 5.92 Å². The van der Waals surface area contributed by atoms with E-state index in [1.807, 2.05) is 0 Å². The Balaban J connectivity index is 1.77. The Hall–Kier alpha value is -0.0800. The summed E-state index contributed by atoms with van der Waals surface area (Å²) in [6.45, 7) is 2.46. The van der Waals surface area contributed by atoms with Crippen LogP contribution < -0.4 is 5.32 Å². The second-order valence-corrected chi connectivity index (χ2v) is 5.40. The SMILES string of the molecule is CN(C)C1(CNCC2CC2)CCCC1. The van der Waals surface area contributed by atoms with Crippen LogP contribution in [0.1, 0.15) is 38.5 Å². The zero-order valence-electron chi connectivity index (χ0n) is 9.68. The molecule has 0 aliphatic heterocycles. The third kappa shape index (κ3) is 2.29. The molecule has 82 valence electrons. The van der Waals surface area contributed by atoms with Gasteiger partial charge in [0.05, 0.1) is 0 Å². The summed E-state index contributed by atoms with van der Waals surface area (Å²) < 4.78 is 0. The first-order chi connectivity index (χ1) is 6.73. The molecular weight excluding hydrogens is 172 g/mol. The second kappa shape index (κ2) is 4.19. The number of hydrogen-bond donors (Lipinski definition) is 1. The highest BCUT2D eigenvalue weighted by molar-refractivity contribution is 4.94. The van der Waals surface area contributed by atoms with Gasteiger partial charge in [0, 0.05) is 12.1 Å². The van der Waals surface area contributed by atoms with Gasteiger partial charge in [0.25, 0.3) is 0 Å². The summed E-state index contributed by atoms with van der Waals surface area (Å²) in [4.78, 5) is 2.44. The quantitative estimate of drug-likeness (QED) is 0.722. The van der Waals surface area contributed by atoms with E-state index in [1.54, 1.807) is 0 Å². The Morgan fingerprint density at radius 1 is 1.21 bits per heavy atom. The molecule has 2 fully saturated rings. The molecule has 1 N–H and O–H groups in total. The molecule has 0 aromatic rings. The van der Waals surface area contributed by atoms with Gasteiger partial charge in [-0.1, -0.05) is 12.8 Å². The van der Waals surface area contributed by atoms with Crippen LogP contribution in [-0.2, 0) is 0 Å². The van der Waals surface area contributed by atoms with Gasteiger partial charge in [0.15, 0.2) is 0 Å². The van der Waals surface area contributed by atoms with Gasteiger partial charge in [-0.3, -0.25) is 0 Å². The lowest BCUT2D eigenvalue weighted by Crippen LogP contribution is -2.49. The molecule has 2 nitrogen and oxygen atoms in total. The molecule has 0 heterocycles. The lowest BCUT2D eigenvalue weighted by molar-refractivity contribution is 0.154. The lowest BCUT2D eigenvalue weighted by Gasteiger charge is -2.36. The van der Waals surface area contributed by atoms with Crippen LogP contribution in [0.2, 0.25) is 0 Å². The Bertz CT molecular complexity index is 179. The monoisotopic (exact) mass is 196 g/mol. The predicted molar refractivity (Wildman–Crippen MR) is 60.5 cm³/mol. The van der Waals surface area contributed by atoms with Crippen LogP contribution in [-0.4, -0.2) is 37.6 Å². The zero-order chi connectivity index (χ0) is 10.0. The molecule has 0 amide bonds. The number of hydrogen-bond acceptors (Lipinski definition) is 2. The normalized spacial score (nSPS) is 25.9. The highest BCUT2D eigenvalue weighted by Gasteiger charge is 2.35. The third-order valence-electron chi connectivity index (χ3n) is 4.07. The smallest absolute Gasteiger partial charge is 0.0327 e. The molecule has 0 atom stereocenters. The fourth-order valence-electron chi connectivity index (χ4n) is 2.65. The summed E-state index contributed by atoms with van der Waals surface area (Å²) in [6.07, 6.45) is 8.53. The van der Waals surface area contributed by atoms with E-state index in [0.717, 1.165) is 5.92 Å². The second-order valence-electron chi connectivity index (χ2n) is 5.40. The van der Waals surface area contributed by atoms with Crippen molar-refractivity contribution in [3.63, 3.8) is 0 Å². The van der Waals surface area contributed by atoms with E-state index in [4.69, 9.17) is 0 Å². The number of nitrogens with zero attached hydrogens (tertiary/aromatic N) is 1. The van der Waals surface area contributed by atoms with E-state index in [2.05, 4.69) is 24.3 Å². The maximum Gasteiger partial charge on any atom is 0.0327 e. The van der Waals surface area contributed by atoms with Crippen LogP contribution in [0, 0.1) is 5.92 Å². The minimum absolute atomic E-state index is 0.481. The summed E-state index contributed by atoms with van der Waals surface area (Å²) in [6, 6.07) is 0. The van der Waals surface area contributed by atoms with Crippen LogP contribution in [0.25, 0.3) is 0 Å². The van der Waals surface area contributed by atoms with Crippen LogP contribution in [0.15, 0.2) is 0 Å². The van der Waals surface area contributed by atoms with E-state index >= 15 is 0 Å². The molecule has 0 bridgehead atoms. The van der Waals surface area contributed by atoms with Gasteiger partial charge in [-0.2, -0.15) is 0 Å². The average molecular weight is 196 g/mol. The van der Waals surface area contributed by atoms with Crippen LogP contribution in [0.3, 0.4) is 0 Å². The van der Waals surface area contributed by atoms with Gasteiger partial charge in [-0.15, -0.1) is 0 Å². The molecule has 0 aromatic carbocycles. The summed E-state index contributed by atoms with van der Waals surface area (Å²) in [5.74, 6) is 1.01. The van der Waals surface area contributed by atoms with Crippen LogP contribution in [0.4, 0.5) is 0 Å². The number of rotatable bonds is 5. The van der Waals surface area contributed by atoms with E-state index in [0.29, 0.717) is 5.54 Å². The fraction of sp³-hybridized carbons (Fsp3) is 1.00. The van der Waals surface area contributed by atoms with Gasteiger partial charge in [-0.25, -0.2) is 0 Å². The van der Waals surface area contributed by atoms with Crippen molar-refractivity contribution in [3.05, 3.63) is 0 Å². The van der Waals surface area contributed by atoms with E-state index in [9.17, 15) is 0 Å². The van der Waals surface area contributed by atoms with Crippen molar-refractivity contribution in [1.29, 1.82) is 0 Å². The summed E-state index contributed by atoms with van der Waals surface area (Å²) >= 11 is 0. The topological polar surface area (TPSA) is 15.3 Å². The molecule has 2 heteroatoms. The molecule has 0 aromatic heterocycles. The van der Waals surface area contributed by atoms with Crippen LogP contribution in [0.5, 0.6) is 0 Å². The van der Waals surface area contributed by atoms with Crippen molar-refractivity contribution < 1.29 is 0 Å². The first kappa shape index (κ1) is 10.4. The minimum atomic E-state index is 0.481. The maximum absolute atomic E-state index is 3.67. The molecule has 0 saturated heterocycles. The van der Waals surface area contributed by atoms with Gasteiger partial charge in [0.2, 0.25) is 0 Å². The van der Waals surface area contributed by atoms with Crippen molar-refractivity contribution in [1.82, 2.24) is 10.2 Å². The molecule has 0 unspecified atom stereocenters. The van der Waals surface area contributed by atoms with Crippen molar-refractivity contribution in [2.75, 3.05) is 27.2 Å². The first-order valence-corrected chi connectivity index (χ1v) is 6.11. The molecule has 0 spiro atoms. The van der Waals surface area contributed by atoms with Crippen LogP contribution >= 0.6 is 0 Å². The van der Waals surface area contributed by atoms with Gasteiger partial charge in [0.1, 0.15) is 0 Å². The highest BCUT2D eigenvalue weighted by atomic mass is 15.2. The van der Waals surface area contributed by atoms with Gasteiger partial charge in [-0.05, 0) is 52.2 Å². The first-order valence-electron chi connectivity index (χ1n) is 6.11. The van der Waals surface area contributed by atoms with Crippen molar-refractivity contribution in [2.45, 2.75) is 44.1 Å². The van der Waals surface area contributed by atoms with E-state index < -0.39 is 0 Å². The average Bonchev–Trinajstić information content (AvgIpc) is 2.82. The number of nitrogens with one attached hydrogen (secondary N) is 1. The molecule has 2 rings (SSSR count). The summed E-state index contributed by atoms with van der Waals surface area (Å²) in [5, 5.41) is 3.67. The standard InChI is InChI=1S/C12H24N2/c1-14(2)12(7-3-4-8-12)10-13-9-11-5-6-11/h11,13H,3-10H2,1-2H3. The molecule has 2 saturated carbocycles. The molecular formula is C12H24N2. The summed E-state index contributed by atoms with van der Waals surface area (Å²) in [5.41, 5.74) is 0.481. The van der Waals surface area contributed by atoms with E-state index in [1.165, 1.54) is 51.6 Å². The largest absolute Gasteiger partial charge is 0.315 e. The fourth-order valence-corrected chi connectivity index (χ4v) is 2.65.